The highest BCUT2D eigenvalue weighted by Gasteiger charge is 2.32. The summed E-state index contributed by atoms with van der Waals surface area (Å²) in [6.45, 7) is 2.19. The molecule has 2 aliphatic carbocycles. The SMILES string of the molecule is CN=C(NCC(=O)N1CCCC1)NC1CCC2CCCCC2C1.I. The molecule has 0 radical (unpaired) electrons. The standard InChI is InChI=1S/C18H32N4O.HI/c1-19-18(20-13-17(23)22-10-4-5-11-22)21-16-9-8-14-6-2-3-7-15(14)12-16;/h14-16H,2-13H2,1H3,(H2,19,20,21);1H. The van der Waals surface area contributed by atoms with Crippen LogP contribution < -0.4 is 10.6 Å². The summed E-state index contributed by atoms with van der Waals surface area (Å²) in [5, 5.41) is 6.77. The number of nitrogens with zero attached hydrogens (tertiary/aromatic N) is 2. The molecule has 2 saturated carbocycles. The van der Waals surface area contributed by atoms with Crippen molar-refractivity contribution in [2.75, 3.05) is 26.7 Å². The summed E-state index contributed by atoms with van der Waals surface area (Å²) < 4.78 is 0. The Morgan fingerprint density at radius 2 is 1.75 bits per heavy atom. The van der Waals surface area contributed by atoms with Crippen molar-refractivity contribution in [2.24, 2.45) is 16.8 Å². The summed E-state index contributed by atoms with van der Waals surface area (Å²) in [5.41, 5.74) is 0. The van der Waals surface area contributed by atoms with Crippen LogP contribution >= 0.6 is 24.0 Å². The molecule has 0 aromatic carbocycles. The fraction of sp³-hybridized carbons (Fsp3) is 0.889. The average Bonchev–Trinajstić information content (AvgIpc) is 3.13. The van der Waals surface area contributed by atoms with Gasteiger partial charge in [-0.05, 0) is 43.9 Å². The predicted octanol–water partition coefficient (Wildman–Crippen LogP) is 2.75. The summed E-state index contributed by atoms with van der Waals surface area (Å²) in [6, 6.07) is 0.516. The van der Waals surface area contributed by atoms with Crippen LogP contribution in [-0.4, -0.2) is 49.5 Å². The van der Waals surface area contributed by atoms with E-state index < -0.39 is 0 Å². The van der Waals surface area contributed by atoms with Gasteiger partial charge in [-0.15, -0.1) is 24.0 Å². The molecule has 0 aromatic rings. The second kappa shape index (κ2) is 9.82. The Labute approximate surface area is 163 Å². The molecule has 3 unspecified atom stereocenters. The monoisotopic (exact) mass is 448 g/mol. The van der Waals surface area contributed by atoms with Crippen molar-refractivity contribution < 1.29 is 4.79 Å². The number of nitrogens with one attached hydrogen (secondary N) is 2. The van der Waals surface area contributed by atoms with E-state index in [0.29, 0.717) is 12.6 Å². The summed E-state index contributed by atoms with van der Waals surface area (Å²) in [6.07, 6.45) is 11.8. The molecule has 1 saturated heterocycles. The van der Waals surface area contributed by atoms with Gasteiger partial charge < -0.3 is 15.5 Å². The lowest BCUT2D eigenvalue weighted by Crippen LogP contribution is -2.49. The number of rotatable bonds is 3. The maximum atomic E-state index is 12.1. The Hall–Kier alpha value is -0.530. The third-order valence-electron chi connectivity index (χ3n) is 5.97. The van der Waals surface area contributed by atoms with Crippen LogP contribution in [0.4, 0.5) is 0 Å². The summed E-state index contributed by atoms with van der Waals surface area (Å²) in [7, 11) is 1.79. The van der Waals surface area contributed by atoms with Crippen LogP contribution in [-0.2, 0) is 4.79 Å². The molecule has 1 amide bonds. The lowest BCUT2D eigenvalue weighted by atomic mass is 9.69. The summed E-state index contributed by atoms with van der Waals surface area (Å²) in [5.74, 6) is 2.85. The van der Waals surface area contributed by atoms with E-state index >= 15 is 0 Å². The third-order valence-corrected chi connectivity index (χ3v) is 5.97. The van der Waals surface area contributed by atoms with Crippen molar-refractivity contribution >= 4 is 35.8 Å². The Morgan fingerprint density at radius 1 is 1.04 bits per heavy atom. The maximum Gasteiger partial charge on any atom is 0.241 e. The van der Waals surface area contributed by atoms with E-state index in [2.05, 4.69) is 15.6 Å². The van der Waals surface area contributed by atoms with E-state index in [1.165, 1.54) is 44.9 Å². The van der Waals surface area contributed by atoms with E-state index in [0.717, 1.165) is 43.7 Å². The first kappa shape index (κ1) is 19.8. The topological polar surface area (TPSA) is 56.7 Å². The second-order valence-electron chi connectivity index (χ2n) is 7.47. The molecule has 0 bridgehead atoms. The third kappa shape index (κ3) is 5.23. The highest BCUT2D eigenvalue weighted by atomic mass is 127. The van der Waals surface area contributed by atoms with Gasteiger partial charge in [-0.2, -0.15) is 0 Å². The van der Waals surface area contributed by atoms with Gasteiger partial charge in [0.15, 0.2) is 5.96 Å². The Balaban J connectivity index is 0.00000208. The van der Waals surface area contributed by atoms with Crippen molar-refractivity contribution in [2.45, 2.75) is 63.8 Å². The molecule has 1 aliphatic heterocycles. The largest absolute Gasteiger partial charge is 0.354 e. The summed E-state index contributed by atoms with van der Waals surface area (Å²) in [4.78, 5) is 18.4. The van der Waals surface area contributed by atoms with Crippen LogP contribution in [0.25, 0.3) is 0 Å². The zero-order valence-corrected chi connectivity index (χ0v) is 17.3. The number of carbonyl (C=O) groups is 1. The number of hydrogen-bond acceptors (Lipinski definition) is 2. The molecular formula is C18H33IN4O. The molecule has 24 heavy (non-hydrogen) atoms. The summed E-state index contributed by atoms with van der Waals surface area (Å²) >= 11 is 0. The van der Waals surface area contributed by atoms with Crippen LogP contribution in [0.2, 0.25) is 0 Å². The van der Waals surface area contributed by atoms with E-state index in [9.17, 15) is 4.79 Å². The number of guanidine groups is 1. The van der Waals surface area contributed by atoms with Gasteiger partial charge >= 0.3 is 0 Å². The first-order valence-corrected chi connectivity index (χ1v) is 9.51. The molecule has 0 aromatic heterocycles. The number of aliphatic imine (C=N–C) groups is 1. The minimum Gasteiger partial charge on any atom is -0.354 e. The number of halogens is 1. The fourth-order valence-corrected chi connectivity index (χ4v) is 4.63. The predicted molar refractivity (Wildman–Crippen MR) is 109 cm³/mol. The van der Waals surface area contributed by atoms with Gasteiger partial charge in [-0.3, -0.25) is 9.79 Å². The van der Waals surface area contributed by atoms with Crippen LogP contribution in [0.15, 0.2) is 4.99 Å². The van der Waals surface area contributed by atoms with Crippen molar-refractivity contribution in [1.29, 1.82) is 0 Å². The average molecular weight is 448 g/mol. The van der Waals surface area contributed by atoms with E-state index in [1.807, 2.05) is 4.90 Å². The van der Waals surface area contributed by atoms with E-state index in [-0.39, 0.29) is 29.9 Å². The molecule has 3 rings (SSSR count). The molecule has 3 aliphatic rings. The number of amides is 1. The zero-order chi connectivity index (χ0) is 16.1. The van der Waals surface area contributed by atoms with Gasteiger partial charge in [0.2, 0.25) is 5.91 Å². The molecule has 1 heterocycles. The molecule has 3 fully saturated rings. The van der Waals surface area contributed by atoms with Gasteiger partial charge in [0.05, 0.1) is 6.54 Å². The van der Waals surface area contributed by atoms with Crippen LogP contribution in [0, 0.1) is 11.8 Å². The highest BCUT2D eigenvalue weighted by molar-refractivity contribution is 14.0. The molecule has 0 spiro atoms. The van der Waals surface area contributed by atoms with Crippen LogP contribution in [0.1, 0.15) is 57.8 Å². The minimum atomic E-state index is 0. The number of hydrogen-bond donors (Lipinski definition) is 2. The van der Waals surface area contributed by atoms with Gasteiger partial charge in [0.1, 0.15) is 0 Å². The quantitative estimate of drug-likeness (QED) is 0.397. The van der Waals surface area contributed by atoms with E-state index in [1.54, 1.807) is 7.05 Å². The maximum absolute atomic E-state index is 12.1. The smallest absolute Gasteiger partial charge is 0.241 e. The Kier molecular flexibility index (Phi) is 8.10. The number of fused-ring (bicyclic) bond motifs is 1. The van der Waals surface area contributed by atoms with Gasteiger partial charge in [-0.1, -0.05) is 25.7 Å². The molecule has 138 valence electrons. The molecule has 6 heteroatoms. The zero-order valence-electron chi connectivity index (χ0n) is 14.9. The molecular weight excluding hydrogens is 415 g/mol. The molecule has 2 N–H and O–H groups in total. The van der Waals surface area contributed by atoms with Crippen molar-refractivity contribution in [3.8, 4) is 0 Å². The van der Waals surface area contributed by atoms with Gasteiger partial charge in [0.25, 0.3) is 0 Å². The number of likely N-dealkylation sites (tertiary alicyclic amines) is 1. The Morgan fingerprint density at radius 3 is 2.46 bits per heavy atom. The number of carbonyl (C=O) groups excluding carboxylic acids is 1. The first-order chi connectivity index (χ1) is 11.3. The van der Waals surface area contributed by atoms with Crippen LogP contribution in [0.3, 0.4) is 0 Å². The highest BCUT2D eigenvalue weighted by Crippen LogP contribution is 2.40. The van der Waals surface area contributed by atoms with Gasteiger partial charge in [-0.25, -0.2) is 0 Å². The van der Waals surface area contributed by atoms with Gasteiger partial charge in [0, 0.05) is 26.2 Å². The molecule has 3 atom stereocenters. The van der Waals surface area contributed by atoms with E-state index in [4.69, 9.17) is 0 Å². The first-order valence-electron chi connectivity index (χ1n) is 9.51. The fourth-order valence-electron chi connectivity index (χ4n) is 4.63. The van der Waals surface area contributed by atoms with Crippen molar-refractivity contribution in [1.82, 2.24) is 15.5 Å². The Bertz CT molecular complexity index is 437. The minimum absolute atomic E-state index is 0. The second-order valence-corrected chi connectivity index (χ2v) is 7.47. The normalized spacial score (nSPS) is 30.3. The lowest BCUT2D eigenvalue weighted by Gasteiger charge is -2.39. The van der Waals surface area contributed by atoms with Crippen LogP contribution in [0.5, 0.6) is 0 Å². The van der Waals surface area contributed by atoms with Crippen molar-refractivity contribution in [3.63, 3.8) is 0 Å². The molecule has 5 nitrogen and oxygen atoms in total. The van der Waals surface area contributed by atoms with Crippen molar-refractivity contribution in [3.05, 3.63) is 0 Å². The lowest BCUT2D eigenvalue weighted by molar-refractivity contribution is -0.128.